The van der Waals surface area contributed by atoms with Gasteiger partial charge in [-0.1, -0.05) is 23.7 Å². The minimum atomic E-state index is 0.698. The molecule has 24 heavy (non-hydrogen) atoms. The number of anilines is 2. The summed E-state index contributed by atoms with van der Waals surface area (Å²) < 4.78 is 0. The van der Waals surface area contributed by atoms with Crippen LogP contribution in [-0.2, 0) is 13.0 Å². The predicted octanol–water partition coefficient (Wildman–Crippen LogP) is 3.79. The van der Waals surface area contributed by atoms with Crippen LogP contribution in [0.15, 0.2) is 61.2 Å². The first-order valence-electron chi connectivity index (χ1n) is 7.73. The van der Waals surface area contributed by atoms with Gasteiger partial charge in [0.1, 0.15) is 18.0 Å². The summed E-state index contributed by atoms with van der Waals surface area (Å²) in [4.78, 5) is 12.5. The molecule has 1 aromatic carbocycles. The zero-order valence-corrected chi connectivity index (χ0v) is 13.9. The van der Waals surface area contributed by atoms with E-state index < -0.39 is 0 Å². The highest BCUT2D eigenvalue weighted by Crippen LogP contribution is 2.12. The van der Waals surface area contributed by atoms with E-state index in [2.05, 4.69) is 25.6 Å². The van der Waals surface area contributed by atoms with Gasteiger partial charge in [0, 0.05) is 36.6 Å². The first kappa shape index (κ1) is 16.2. The SMILES string of the molecule is Clc1ccc(CCNc2cc(NCc3ccncc3)ncn2)cc1. The summed E-state index contributed by atoms with van der Waals surface area (Å²) in [5, 5.41) is 7.35. The topological polar surface area (TPSA) is 62.7 Å². The fraction of sp³-hybridized carbons (Fsp3) is 0.167. The van der Waals surface area contributed by atoms with Crippen molar-refractivity contribution in [1.82, 2.24) is 15.0 Å². The molecule has 2 heterocycles. The molecule has 0 aliphatic heterocycles. The van der Waals surface area contributed by atoms with E-state index in [0.29, 0.717) is 6.54 Å². The van der Waals surface area contributed by atoms with Crippen LogP contribution >= 0.6 is 11.6 Å². The van der Waals surface area contributed by atoms with Gasteiger partial charge < -0.3 is 10.6 Å². The molecule has 2 N–H and O–H groups in total. The first-order valence-corrected chi connectivity index (χ1v) is 8.10. The Morgan fingerprint density at radius 3 is 2.29 bits per heavy atom. The number of nitrogens with one attached hydrogen (secondary N) is 2. The third-order valence-corrected chi connectivity index (χ3v) is 3.78. The quantitative estimate of drug-likeness (QED) is 0.685. The number of nitrogens with zero attached hydrogens (tertiary/aromatic N) is 3. The number of benzene rings is 1. The summed E-state index contributed by atoms with van der Waals surface area (Å²) in [6.45, 7) is 1.49. The van der Waals surface area contributed by atoms with Crippen LogP contribution in [0.1, 0.15) is 11.1 Å². The number of rotatable bonds is 7. The van der Waals surface area contributed by atoms with Crippen LogP contribution in [-0.4, -0.2) is 21.5 Å². The van der Waals surface area contributed by atoms with Crippen molar-refractivity contribution < 1.29 is 0 Å². The molecular formula is C18H18ClN5. The van der Waals surface area contributed by atoms with Gasteiger partial charge in [0.2, 0.25) is 0 Å². The number of pyridine rings is 1. The van der Waals surface area contributed by atoms with E-state index in [9.17, 15) is 0 Å². The third kappa shape index (κ3) is 4.93. The van der Waals surface area contributed by atoms with Crippen LogP contribution in [0.3, 0.4) is 0 Å². The second kappa shape index (κ2) is 8.26. The zero-order valence-electron chi connectivity index (χ0n) is 13.1. The van der Waals surface area contributed by atoms with Crippen molar-refractivity contribution >= 4 is 23.2 Å². The Kier molecular flexibility index (Phi) is 5.58. The fourth-order valence-electron chi connectivity index (χ4n) is 2.23. The van der Waals surface area contributed by atoms with Crippen molar-refractivity contribution in [2.75, 3.05) is 17.2 Å². The average molecular weight is 340 g/mol. The summed E-state index contributed by atoms with van der Waals surface area (Å²) in [7, 11) is 0. The maximum atomic E-state index is 5.89. The van der Waals surface area contributed by atoms with Gasteiger partial charge in [-0.15, -0.1) is 0 Å². The van der Waals surface area contributed by atoms with E-state index in [1.165, 1.54) is 5.56 Å². The Morgan fingerprint density at radius 1 is 0.833 bits per heavy atom. The summed E-state index contributed by atoms with van der Waals surface area (Å²) in [5.74, 6) is 1.59. The molecule has 0 aliphatic carbocycles. The van der Waals surface area contributed by atoms with Crippen LogP contribution < -0.4 is 10.6 Å². The summed E-state index contributed by atoms with van der Waals surface area (Å²) >= 11 is 5.89. The molecular weight excluding hydrogens is 322 g/mol. The largest absolute Gasteiger partial charge is 0.370 e. The van der Waals surface area contributed by atoms with Crippen molar-refractivity contribution in [2.45, 2.75) is 13.0 Å². The van der Waals surface area contributed by atoms with Crippen LogP contribution in [0.4, 0.5) is 11.6 Å². The molecule has 0 fully saturated rings. The molecule has 0 saturated carbocycles. The highest BCUT2D eigenvalue weighted by molar-refractivity contribution is 6.30. The van der Waals surface area contributed by atoms with Crippen molar-refractivity contribution in [1.29, 1.82) is 0 Å². The normalized spacial score (nSPS) is 10.4. The number of hydrogen-bond acceptors (Lipinski definition) is 5. The molecule has 6 heteroatoms. The molecule has 0 unspecified atom stereocenters. The Bertz CT molecular complexity index is 762. The molecule has 0 saturated heterocycles. The lowest BCUT2D eigenvalue weighted by atomic mass is 10.1. The second-order valence-corrected chi connectivity index (χ2v) is 5.74. The van der Waals surface area contributed by atoms with E-state index in [0.717, 1.165) is 35.2 Å². The maximum absolute atomic E-state index is 5.89. The molecule has 122 valence electrons. The zero-order chi connectivity index (χ0) is 16.6. The Labute approximate surface area is 146 Å². The van der Waals surface area contributed by atoms with Gasteiger partial charge in [-0.05, 0) is 41.8 Å². The van der Waals surface area contributed by atoms with E-state index in [1.807, 2.05) is 42.5 Å². The minimum absolute atomic E-state index is 0.698. The van der Waals surface area contributed by atoms with Crippen molar-refractivity contribution in [3.05, 3.63) is 77.3 Å². The molecule has 0 bridgehead atoms. The fourth-order valence-corrected chi connectivity index (χ4v) is 2.36. The Balaban J connectivity index is 1.50. The molecule has 0 spiro atoms. The second-order valence-electron chi connectivity index (χ2n) is 5.30. The molecule has 3 aromatic rings. The van der Waals surface area contributed by atoms with Crippen LogP contribution in [0.5, 0.6) is 0 Å². The summed E-state index contributed by atoms with van der Waals surface area (Å²) in [6, 6.07) is 13.7. The molecule has 0 atom stereocenters. The minimum Gasteiger partial charge on any atom is -0.370 e. The van der Waals surface area contributed by atoms with E-state index >= 15 is 0 Å². The smallest absolute Gasteiger partial charge is 0.131 e. The number of halogens is 1. The number of aromatic nitrogens is 3. The molecule has 3 rings (SSSR count). The molecule has 0 aliphatic rings. The van der Waals surface area contributed by atoms with E-state index in [-0.39, 0.29) is 0 Å². The van der Waals surface area contributed by atoms with Crippen molar-refractivity contribution in [2.24, 2.45) is 0 Å². The van der Waals surface area contributed by atoms with Crippen LogP contribution in [0, 0.1) is 0 Å². The maximum Gasteiger partial charge on any atom is 0.131 e. The third-order valence-electron chi connectivity index (χ3n) is 3.52. The lowest BCUT2D eigenvalue weighted by Gasteiger charge is -2.09. The highest BCUT2D eigenvalue weighted by Gasteiger charge is 2.00. The lowest BCUT2D eigenvalue weighted by molar-refractivity contribution is 0.996. The lowest BCUT2D eigenvalue weighted by Crippen LogP contribution is -2.08. The van der Waals surface area contributed by atoms with Crippen molar-refractivity contribution in [3.8, 4) is 0 Å². The van der Waals surface area contributed by atoms with Gasteiger partial charge in [0.15, 0.2) is 0 Å². The van der Waals surface area contributed by atoms with Gasteiger partial charge in [-0.3, -0.25) is 4.98 Å². The Hall–Kier alpha value is -2.66. The molecule has 0 radical (unpaired) electrons. The monoisotopic (exact) mass is 339 g/mol. The van der Waals surface area contributed by atoms with Gasteiger partial charge in [0.25, 0.3) is 0 Å². The van der Waals surface area contributed by atoms with Crippen LogP contribution in [0.25, 0.3) is 0 Å². The molecule has 2 aromatic heterocycles. The van der Waals surface area contributed by atoms with Gasteiger partial charge >= 0.3 is 0 Å². The highest BCUT2D eigenvalue weighted by atomic mass is 35.5. The van der Waals surface area contributed by atoms with Gasteiger partial charge in [0.05, 0.1) is 0 Å². The molecule has 5 nitrogen and oxygen atoms in total. The van der Waals surface area contributed by atoms with Gasteiger partial charge in [-0.2, -0.15) is 0 Å². The summed E-state index contributed by atoms with van der Waals surface area (Å²) in [5.41, 5.74) is 2.39. The summed E-state index contributed by atoms with van der Waals surface area (Å²) in [6.07, 6.45) is 6.02. The average Bonchev–Trinajstić information content (AvgIpc) is 2.63. The molecule has 0 amide bonds. The predicted molar refractivity (Wildman–Crippen MR) is 97.2 cm³/mol. The Morgan fingerprint density at radius 2 is 1.54 bits per heavy atom. The van der Waals surface area contributed by atoms with Crippen LogP contribution in [0.2, 0.25) is 5.02 Å². The first-order chi connectivity index (χ1) is 11.8. The standard InChI is InChI=1S/C18H18ClN5/c19-16-3-1-14(2-4-16)7-10-21-17-11-18(24-13-23-17)22-12-15-5-8-20-9-6-15/h1-6,8-9,11,13H,7,10,12H2,(H2,21,22,23,24). The van der Waals surface area contributed by atoms with Crippen molar-refractivity contribution in [3.63, 3.8) is 0 Å². The van der Waals surface area contributed by atoms with E-state index in [4.69, 9.17) is 11.6 Å². The van der Waals surface area contributed by atoms with E-state index in [1.54, 1.807) is 18.7 Å². The van der Waals surface area contributed by atoms with Gasteiger partial charge in [-0.25, -0.2) is 9.97 Å². The number of hydrogen-bond donors (Lipinski definition) is 2.